The number of aryl methyl sites for hydroxylation is 1. The van der Waals surface area contributed by atoms with Gasteiger partial charge in [0.15, 0.2) is 0 Å². The maximum atomic E-state index is 13.6. The van der Waals surface area contributed by atoms with Crippen LogP contribution in [0.15, 0.2) is 130 Å². The van der Waals surface area contributed by atoms with Crippen LogP contribution in [0.1, 0.15) is 5.56 Å². The minimum absolute atomic E-state index is 0.00636. The number of halogens is 1. The summed E-state index contributed by atoms with van der Waals surface area (Å²) in [5.74, 6) is -0.599. The minimum atomic E-state index is -4.07. The third-order valence-electron chi connectivity index (χ3n) is 6.49. The van der Waals surface area contributed by atoms with Crippen molar-refractivity contribution in [2.45, 2.75) is 16.7 Å². The largest absolute Gasteiger partial charge is 0.325 e. The molecular formula is C31H26BrN3O5S2. The van der Waals surface area contributed by atoms with Crippen molar-refractivity contribution in [3.63, 3.8) is 0 Å². The lowest BCUT2D eigenvalue weighted by atomic mass is 10.1. The number of benzene rings is 5. The Hall–Kier alpha value is -4.19. The number of hydrogen-bond acceptors (Lipinski definition) is 5. The first-order valence-corrected chi connectivity index (χ1v) is 16.5. The van der Waals surface area contributed by atoms with Gasteiger partial charge in [0, 0.05) is 15.5 Å². The first kappa shape index (κ1) is 29.3. The Labute approximate surface area is 253 Å². The van der Waals surface area contributed by atoms with Gasteiger partial charge < -0.3 is 5.32 Å². The molecule has 0 aliphatic carbocycles. The first-order chi connectivity index (χ1) is 20.0. The van der Waals surface area contributed by atoms with Gasteiger partial charge in [-0.1, -0.05) is 70.0 Å². The zero-order valence-electron chi connectivity index (χ0n) is 22.4. The average molecular weight is 665 g/mol. The Kier molecular flexibility index (Phi) is 8.35. The molecular weight excluding hydrogens is 638 g/mol. The van der Waals surface area contributed by atoms with E-state index < -0.39 is 32.5 Å². The monoisotopic (exact) mass is 663 g/mol. The zero-order chi connectivity index (χ0) is 29.9. The molecule has 0 saturated carbocycles. The Balaban J connectivity index is 1.34. The maximum absolute atomic E-state index is 13.6. The highest BCUT2D eigenvalue weighted by atomic mass is 79.9. The molecule has 0 aliphatic rings. The van der Waals surface area contributed by atoms with Gasteiger partial charge in [0.2, 0.25) is 5.91 Å². The molecule has 5 aromatic rings. The lowest BCUT2D eigenvalue weighted by Gasteiger charge is -2.24. The quantitative estimate of drug-likeness (QED) is 0.186. The molecule has 42 heavy (non-hydrogen) atoms. The normalized spacial score (nSPS) is 11.7. The molecule has 0 aromatic heterocycles. The van der Waals surface area contributed by atoms with Crippen LogP contribution >= 0.6 is 15.9 Å². The number of sulfonamides is 2. The fourth-order valence-corrected chi connectivity index (χ4v) is 7.09. The number of anilines is 3. The van der Waals surface area contributed by atoms with Crippen LogP contribution in [0.3, 0.4) is 0 Å². The highest BCUT2D eigenvalue weighted by Crippen LogP contribution is 2.27. The van der Waals surface area contributed by atoms with E-state index in [1.807, 2.05) is 37.3 Å². The van der Waals surface area contributed by atoms with Gasteiger partial charge in [0.1, 0.15) is 6.54 Å². The Morgan fingerprint density at radius 1 is 0.738 bits per heavy atom. The molecule has 0 atom stereocenters. The predicted octanol–water partition coefficient (Wildman–Crippen LogP) is 6.55. The van der Waals surface area contributed by atoms with E-state index in [1.54, 1.807) is 48.5 Å². The van der Waals surface area contributed by atoms with E-state index in [9.17, 15) is 21.6 Å². The van der Waals surface area contributed by atoms with Gasteiger partial charge in [-0.3, -0.25) is 13.8 Å². The molecule has 5 aromatic carbocycles. The van der Waals surface area contributed by atoms with E-state index in [0.29, 0.717) is 17.1 Å². The molecule has 0 unspecified atom stereocenters. The molecule has 5 rings (SSSR count). The summed E-state index contributed by atoms with van der Waals surface area (Å²) in [7, 11) is -7.99. The third-order valence-corrected chi connectivity index (χ3v) is 10.2. The van der Waals surface area contributed by atoms with E-state index in [4.69, 9.17) is 0 Å². The summed E-state index contributed by atoms with van der Waals surface area (Å²) < 4.78 is 57.7. The van der Waals surface area contributed by atoms with Crippen molar-refractivity contribution in [2.75, 3.05) is 20.9 Å². The number of nitrogens with one attached hydrogen (secondary N) is 2. The number of fused-ring (bicyclic) bond motifs is 1. The van der Waals surface area contributed by atoms with Crippen LogP contribution in [-0.4, -0.2) is 29.3 Å². The van der Waals surface area contributed by atoms with Crippen molar-refractivity contribution in [1.82, 2.24) is 0 Å². The second-order valence-corrected chi connectivity index (χ2v) is 14.0. The fraction of sp³-hybridized carbons (Fsp3) is 0.0645. The van der Waals surface area contributed by atoms with E-state index in [1.165, 1.54) is 36.4 Å². The molecule has 0 bridgehead atoms. The van der Waals surface area contributed by atoms with E-state index in [0.717, 1.165) is 25.1 Å². The summed E-state index contributed by atoms with van der Waals surface area (Å²) in [5, 5.41) is 4.34. The molecule has 8 nitrogen and oxygen atoms in total. The average Bonchev–Trinajstić information content (AvgIpc) is 2.97. The highest BCUT2D eigenvalue weighted by Gasteiger charge is 2.27. The van der Waals surface area contributed by atoms with Crippen LogP contribution in [-0.2, 0) is 24.8 Å². The summed E-state index contributed by atoms with van der Waals surface area (Å²) in [6.07, 6.45) is 0. The summed E-state index contributed by atoms with van der Waals surface area (Å²) in [6, 6.07) is 31.4. The lowest BCUT2D eigenvalue weighted by molar-refractivity contribution is -0.114. The summed E-state index contributed by atoms with van der Waals surface area (Å²) in [5.41, 5.74) is 1.98. The number of hydrogen-bond donors (Lipinski definition) is 2. The van der Waals surface area contributed by atoms with E-state index in [2.05, 4.69) is 26.0 Å². The van der Waals surface area contributed by atoms with Gasteiger partial charge in [-0.05, 0) is 79.0 Å². The minimum Gasteiger partial charge on any atom is -0.325 e. The second kappa shape index (κ2) is 12.0. The van der Waals surface area contributed by atoms with Crippen LogP contribution in [0.25, 0.3) is 10.8 Å². The van der Waals surface area contributed by atoms with Crippen molar-refractivity contribution in [1.29, 1.82) is 0 Å². The van der Waals surface area contributed by atoms with Crippen LogP contribution in [0, 0.1) is 6.92 Å². The van der Waals surface area contributed by atoms with Crippen molar-refractivity contribution in [3.05, 3.63) is 125 Å². The second-order valence-electron chi connectivity index (χ2n) is 9.51. The van der Waals surface area contributed by atoms with Gasteiger partial charge in [-0.15, -0.1) is 0 Å². The molecule has 0 spiro atoms. The summed E-state index contributed by atoms with van der Waals surface area (Å²) in [4.78, 5) is 13.1. The van der Waals surface area contributed by atoms with Crippen molar-refractivity contribution < 1.29 is 21.6 Å². The van der Waals surface area contributed by atoms with E-state index >= 15 is 0 Å². The van der Waals surface area contributed by atoms with Crippen molar-refractivity contribution in [2.24, 2.45) is 0 Å². The van der Waals surface area contributed by atoms with Gasteiger partial charge in [-0.2, -0.15) is 0 Å². The SMILES string of the molecule is Cc1ccc(S(=O)(=O)N(CC(=O)Nc2ccc(S(=O)(=O)Nc3cccc4ccccc34)cc2)c2ccc(Br)cc2)cc1. The summed E-state index contributed by atoms with van der Waals surface area (Å²) in [6.45, 7) is 1.35. The summed E-state index contributed by atoms with van der Waals surface area (Å²) >= 11 is 3.35. The van der Waals surface area contributed by atoms with Crippen LogP contribution in [0.5, 0.6) is 0 Å². The molecule has 0 radical (unpaired) electrons. The number of amides is 1. The molecule has 214 valence electrons. The predicted molar refractivity (Wildman–Crippen MR) is 170 cm³/mol. The number of carbonyl (C=O) groups excluding carboxylic acids is 1. The molecule has 0 aliphatic heterocycles. The Bertz CT molecular complexity index is 1960. The zero-order valence-corrected chi connectivity index (χ0v) is 25.6. The topological polar surface area (TPSA) is 113 Å². The van der Waals surface area contributed by atoms with Crippen LogP contribution in [0.2, 0.25) is 0 Å². The standard InChI is InChI=1S/C31H26BrN3O5S2/c1-22-9-17-28(18-10-22)42(39,40)35(26-15-11-24(32)12-16-26)21-31(36)33-25-13-19-27(20-14-25)41(37,38)34-30-8-4-6-23-5-2-3-7-29(23)30/h2-20,34H,21H2,1H3,(H,33,36). The van der Waals surface area contributed by atoms with Gasteiger partial charge >= 0.3 is 0 Å². The number of nitrogens with zero attached hydrogens (tertiary/aromatic N) is 1. The van der Waals surface area contributed by atoms with E-state index in [-0.39, 0.29) is 9.79 Å². The Morgan fingerprint density at radius 3 is 2.05 bits per heavy atom. The molecule has 0 saturated heterocycles. The Morgan fingerprint density at radius 2 is 1.36 bits per heavy atom. The highest BCUT2D eigenvalue weighted by molar-refractivity contribution is 9.10. The van der Waals surface area contributed by atoms with Crippen LogP contribution < -0.4 is 14.3 Å². The van der Waals surface area contributed by atoms with Gasteiger partial charge in [-0.25, -0.2) is 16.8 Å². The third kappa shape index (κ3) is 6.48. The number of rotatable bonds is 9. The molecule has 0 fully saturated rings. The van der Waals surface area contributed by atoms with Crippen molar-refractivity contribution in [3.8, 4) is 0 Å². The number of carbonyl (C=O) groups is 1. The smallest absolute Gasteiger partial charge is 0.264 e. The van der Waals surface area contributed by atoms with Crippen molar-refractivity contribution >= 4 is 69.7 Å². The molecule has 11 heteroatoms. The molecule has 0 heterocycles. The van der Waals surface area contributed by atoms with Crippen LogP contribution in [0.4, 0.5) is 17.1 Å². The van der Waals surface area contributed by atoms with Gasteiger partial charge in [0.05, 0.1) is 21.2 Å². The molecule has 1 amide bonds. The fourth-order valence-electron chi connectivity index (χ4n) is 4.33. The van der Waals surface area contributed by atoms with Gasteiger partial charge in [0.25, 0.3) is 20.0 Å². The lowest BCUT2D eigenvalue weighted by Crippen LogP contribution is -2.38. The molecule has 2 N–H and O–H groups in total. The maximum Gasteiger partial charge on any atom is 0.264 e. The first-order valence-electron chi connectivity index (χ1n) is 12.8.